The summed E-state index contributed by atoms with van der Waals surface area (Å²) in [5, 5.41) is 3.46. The zero-order chi connectivity index (χ0) is 13.2. The molecule has 1 aromatic rings. The molecule has 0 amide bonds. The van der Waals surface area contributed by atoms with Crippen LogP contribution in [0.1, 0.15) is 26.2 Å². The van der Waals surface area contributed by atoms with Gasteiger partial charge in [-0.15, -0.1) is 0 Å². The van der Waals surface area contributed by atoms with E-state index in [1.165, 1.54) is 19.3 Å². The summed E-state index contributed by atoms with van der Waals surface area (Å²) in [4.78, 5) is 0. The molecule has 1 saturated carbocycles. The van der Waals surface area contributed by atoms with Gasteiger partial charge in [0.15, 0.2) is 0 Å². The molecule has 2 atom stereocenters. The van der Waals surface area contributed by atoms with Gasteiger partial charge in [0, 0.05) is 11.7 Å². The highest BCUT2D eigenvalue weighted by Gasteiger charge is 2.20. The average Bonchev–Trinajstić information content (AvgIpc) is 2.62. The van der Waals surface area contributed by atoms with Crippen LogP contribution in [0.25, 0.3) is 0 Å². The first kappa shape index (κ1) is 13.2. The molecular formula is C13H20N2O2S. The van der Waals surface area contributed by atoms with Gasteiger partial charge < -0.3 is 5.32 Å². The number of anilines is 2. The molecule has 1 fully saturated rings. The SMILES string of the molecule is CC1CCC(Nc2cccc(NS(C)(=O)=O)c2)C1. The van der Waals surface area contributed by atoms with E-state index in [9.17, 15) is 8.42 Å². The molecule has 100 valence electrons. The molecule has 1 aliphatic rings. The molecule has 0 aromatic heterocycles. The van der Waals surface area contributed by atoms with Gasteiger partial charge in [0.25, 0.3) is 0 Å². The van der Waals surface area contributed by atoms with Gasteiger partial charge in [0.2, 0.25) is 10.0 Å². The normalized spacial score (nSPS) is 23.9. The van der Waals surface area contributed by atoms with E-state index < -0.39 is 10.0 Å². The Morgan fingerprint density at radius 3 is 2.56 bits per heavy atom. The van der Waals surface area contributed by atoms with Crippen molar-refractivity contribution < 1.29 is 8.42 Å². The highest BCUT2D eigenvalue weighted by Crippen LogP contribution is 2.28. The molecule has 1 aromatic carbocycles. The van der Waals surface area contributed by atoms with Gasteiger partial charge in [0.1, 0.15) is 0 Å². The largest absolute Gasteiger partial charge is 0.382 e. The zero-order valence-electron chi connectivity index (χ0n) is 10.8. The number of hydrogen-bond donors (Lipinski definition) is 2. The van der Waals surface area contributed by atoms with Crippen molar-refractivity contribution in [1.29, 1.82) is 0 Å². The molecule has 5 heteroatoms. The molecular weight excluding hydrogens is 248 g/mol. The molecule has 0 aliphatic heterocycles. The highest BCUT2D eigenvalue weighted by molar-refractivity contribution is 7.92. The second kappa shape index (κ2) is 5.18. The third-order valence-electron chi connectivity index (χ3n) is 3.23. The van der Waals surface area contributed by atoms with Crippen molar-refractivity contribution >= 4 is 21.4 Å². The lowest BCUT2D eigenvalue weighted by Gasteiger charge is -2.15. The van der Waals surface area contributed by atoms with Crippen LogP contribution < -0.4 is 10.0 Å². The zero-order valence-corrected chi connectivity index (χ0v) is 11.6. The molecule has 2 N–H and O–H groups in total. The molecule has 0 spiro atoms. The fourth-order valence-corrected chi connectivity index (χ4v) is 3.02. The van der Waals surface area contributed by atoms with Crippen molar-refractivity contribution in [2.45, 2.75) is 32.2 Å². The maximum atomic E-state index is 11.2. The number of nitrogens with one attached hydrogen (secondary N) is 2. The highest BCUT2D eigenvalue weighted by atomic mass is 32.2. The van der Waals surface area contributed by atoms with Crippen molar-refractivity contribution in [3.63, 3.8) is 0 Å². The Balaban J connectivity index is 2.03. The lowest BCUT2D eigenvalue weighted by atomic mass is 10.1. The molecule has 0 radical (unpaired) electrons. The van der Waals surface area contributed by atoms with E-state index in [4.69, 9.17) is 0 Å². The van der Waals surface area contributed by atoms with Crippen LogP contribution in [0.3, 0.4) is 0 Å². The molecule has 4 nitrogen and oxygen atoms in total. The van der Waals surface area contributed by atoms with Gasteiger partial charge in [-0.2, -0.15) is 0 Å². The molecule has 2 rings (SSSR count). The molecule has 1 aliphatic carbocycles. The van der Waals surface area contributed by atoms with Crippen LogP contribution in [0, 0.1) is 5.92 Å². The maximum Gasteiger partial charge on any atom is 0.229 e. The summed E-state index contributed by atoms with van der Waals surface area (Å²) < 4.78 is 24.8. The summed E-state index contributed by atoms with van der Waals surface area (Å²) in [5.41, 5.74) is 1.58. The third-order valence-corrected chi connectivity index (χ3v) is 3.84. The van der Waals surface area contributed by atoms with E-state index in [0.29, 0.717) is 11.7 Å². The minimum absolute atomic E-state index is 0.508. The summed E-state index contributed by atoms with van der Waals surface area (Å²) in [6.07, 6.45) is 4.79. The van der Waals surface area contributed by atoms with Crippen LogP contribution in [-0.4, -0.2) is 20.7 Å². The van der Waals surface area contributed by atoms with Crippen molar-refractivity contribution in [2.75, 3.05) is 16.3 Å². The summed E-state index contributed by atoms with van der Waals surface area (Å²) in [5.74, 6) is 0.778. The fourth-order valence-electron chi connectivity index (χ4n) is 2.46. The van der Waals surface area contributed by atoms with Gasteiger partial charge in [-0.3, -0.25) is 4.72 Å². The standard InChI is InChI=1S/C13H20N2O2S/c1-10-6-7-12(8-10)14-11-4-3-5-13(9-11)15-18(2,16)17/h3-5,9-10,12,14-15H,6-8H2,1-2H3. The van der Waals surface area contributed by atoms with Crippen LogP contribution >= 0.6 is 0 Å². The van der Waals surface area contributed by atoms with E-state index in [0.717, 1.165) is 17.9 Å². The third kappa shape index (κ3) is 3.91. The molecule has 0 heterocycles. The van der Waals surface area contributed by atoms with E-state index in [-0.39, 0.29) is 0 Å². The van der Waals surface area contributed by atoms with E-state index in [1.54, 1.807) is 6.07 Å². The fraction of sp³-hybridized carbons (Fsp3) is 0.538. The topological polar surface area (TPSA) is 58.2 Å². The Bertz CT molecular complexity index is 513. The minimum atomic E-state index is -3.21. The van der Waals surface area contributed by atoms with Crippen LogP contribution in [0.5, 0.6) is 0 Å². The number of hydrogen-bond acceptors (Lipinski definition) is 3. The van der Waals surface area contributed by atoms with E-state index in [2.05, 4.69) is 17.0 Å². The van der Waals surface area contributed by atoms with Crippen molar-refractivity contribution in [3.05, 3.63) is 24.3 Å². The lowest BCUT2D eigenvalue weighted by Crippen LogP contribution is -2.15. The summed E-state index contributed by atoms with van der Waals surface area (Å²) >= 11 is 0. The van der Waals surface area contributed by atoms with Crippen molar-refractivity contribution in [2.24, 2.45) is 5.92 Å². The Morgan fingerprint density at radius 2 is 1.94 bits per heavy atom. The number of benzene rings is 1. The van der Waals surface area contributed by atoms with Gasteiger partial charge in [-0.05, 0) is 43.4 Å². The van der Waals surface area contributed by atoms with Crippen LogP contribution in [0.4, 0.5) is 11.4 Å². The molecule has 0 saturated heterocycles. The van der Waals surface area contributed by atoms with E-state index >= 15 is 0 Å². The number of rotatable bonds is 4. The molecule has 2 unspecified atom stereocenters. The first-order valence-corrected chi connectivity index (χ1v) is 8.16. The molecule has 0 bridgehead atoms. The summed E-state index contributed by atoms with van der Waals surface area (Å²) in [6, 6.07) is 7.92. The van der Waals surface area contributed by atoms with Crippen molar-refractivity contribution in [1.82, 2.24) is 0 Å². The Kier molecular flexibility index (Phi) is 3.80. The molecule has 18 heavy (non-hydrogen) atoms. The Labute approximate surface area is 109 Å². The van der Waals surface area contributed by atoms with Crippen molar-refractivity contribution in [3.8, 4) is 0 Å². The average molecular weight is 268 g/mol. The maximum absolute atomic E-state index is 11.2. The predicted octanol–water partition coefficient (Wildman–Crippen LogP) is 2.66. The smallest absolute Gasteiger partial charge is 0.229 e. The van der Waals surface area contributed by atoms with Crippen LogP contribution in [0.15, 0.2) is 24.3 Å². The van der Waals surface area contributed by atoms with Gasteiger partial charge >= 0.3 is 0 Å². The second-order valence-corrected chi connectivity index (χ2v) is 6.96. The van der Waals surface area contributed by atoms with Gasteiger partial charge in [0.05, 0.1) is 11.9 Å². The predicted molar refractivity (Wildman–Crippen MR) is 75.3 cm³/mol. The quantitative estimate of drug-likeness (QED) is 0.882. The Morgan fingerprint density at radius 1 is 1.22 bits per heavy atom. The first-order valence-electron chi connectivity index (χ1n) is 6.27. The summed E-state index contributed by atoms with van der Waals surface area (Å²) in [7, 11) is -3.21. The Hall–Kier alpha value is -1.23. The monoisotopic (exact) mass is 268 g/mol. The van der Waals surface area contributed by atoms with Gasteiger partial charge in [-0.25, -0.2) is 8.42 Å². The van der Waals surface area contributed by atoms with E-state index in [1.807, 2.05) is 18.2 Å². The summed E-state index contributed by atoms with van der Waals surface area (Å²) in [6.45, 7) is 2.27. The lowest BCUT2D eigenvalue weighted by molar-refractivity contribution is 0.602. The van der Waals surface area contributed by atoms with Gasteiger partial charge in [-0.1, -0.05) is 13.0 Å². The second-order valence-electron chi connectivity index (χ2n) is 5.21. The first-order chi connectivity index (χ1) is 8.42. The van der Waals surface area contributed by atoms with Crippen LogP contribution in [-0.2, 0) is 10.0 Å². The number of sulfonamides is 1. The van der Waals surface area contributed by atoms with Crippen LogP contribution in [0.2, 0.25) is 0 Å². The minimum Gasteiger partial charge on any atom is -0.382 e.